The van der Waals surface area contributed by atoms with Crippen LogP contribution in [0, 0.1) is 24.1 Å². The lowest BCUT2D eigenvalue weighted by molar-refractivity contribution is 0.572. The molecule has 1 aromatic rings. The van der Waals surface area contributed by atoms with E-state index in [0.717, 1.165) is 6.07 Å². The second-order valence-corrected chi connectivity index (χ2v) is 5.15. The Balaban J connectivity index is 3.62. The van der Waals surface area contributed by atoms with Gasteiger partial charge in [0.25, 0.3) is 9.05 Å². The number of rotatable bonds is 1. The predicted octanol–water partition coefficient (Wildman–Crippen LogP) is 1.93. The van der Waals surface area contributed by atoms with Gasteiger partial charge in [-0.15, -0.1) is 0 Å². The average Bonchev–Trinajstić information content (AvgIpc) is 2.02. The largest absolute Gasteiger partial charge is 0.264 e. The van der Waals surface area contributed by atoms with Crippen LogP contribution in [0.5, 0.6) is 0 Å². The maximum absolute atomic E-state index is 13.3. The van der Waals surface area contributed by atoms with E-state index >= 15 is 0 Å². The molecule has 0 amide bonds. The van der Waals surface area contributed by atoms with Crippen LogP contribution in [0.2, 0.25) is 0 Å². The fourth-order valence-corrected chi connectivity index (χ4v) is 1.88. The van der Waals surface area contributed by atoms with Crippen molar-refractivity contribution in [1.82, 2.24) is 0 Å². The quantitative estimate of drug-likeness (QED) is 0.697. The van der Waals surface area contributed by atoms with Crippen molar-refractivity contribution in [2.45, 2.75) is 11.8 Å². The third-order valence-electron chi connectivity index (χ3n) is 1.69. The molecule has 0 bridgehead atoms. The number of aryl methyl sites for hydroxylation is 1. The number of halogens is 2. The van der Waals surface area contributed by atoms with Gasteiger partial charge < -0.3 is 0 Å². The summed E-state index contributed by atoms with van der Waals surface area (Å²) in [6.07, 6.45) is 0. The topological polar surface area (TPSA) is 57.9 Å². The van der Waals surface area contributed by atoms with Crippen molar-refractivity contribution in [3.8, 4) is 6.07 Å². The van der Waals surface area contributed by atoms with Crippen molar-refractivity contribution in [2.75, 3.05) is 0 Å². The fraction of sp³-hybridized carbons (Fsp3) is 0.125. The van der Waals surface area contributed by atoms with E-state index in [1.54, 1.807) is 6.07 Å². The molecule has 1 rings (SSSR count). The average molecular weight is 234 g/mol. The third-order valence-corrected chi connectivity index (χ3v) is 3.03. The highest BCUT2D eigenvalue weighted by molar-refractivity contribution is 8.13. The van der Waals surface area contributed by atoms with Crippen LogP contribution in [0.1, 0.15) is 11.1 Å². The molecule has 0 saturated carbocycles. The van der Waals surface area contributed by atoms with Crippen LogP contribution in [0.3, 0.4) is 0 Å². The van der Waals surface area contributed by atoms with Gasteiger partial charge in [-0.25, -0.2) is 12.8 Å². The van der Waals surface area contributed by atoms with E-state index in [2.05, 4.69) is 0 Å². The molecule has 0 atom stereocenters. The first-order chi connectivity index (χ1) is 6.38. The number of benzene rings is 1. The lowest BCUT2D eigenvalue weighted by atomic mass is 10.1. The standard InChI is InChI=1S/C8H5ClFNO2S/c1-5-2-3-7(14(9,12)13)8(10)6(5)4-11/h2-3H,1H3. The van der Waals surface area contributed by atoms with E-state index in [4.69, 9.17) is 15.9 Å². The Morgan fingerprint density at radius 2 is 2.07 bits per heavy atom. The lowest BCUT2D eigenvalue weighted by Crippen LogP contribution is -1.99. The van der Waals surface area contributed by atoms with Crippen LogP contribution < -0.4 is 0 Å². The summed E-state index contributed by atoms with van der Waals surface area (Å²) in [6.45, 7) is 1.51. The number of nitriles is 1. The van der Waals surface area contributed by atoms with Crippen molar-refractivity contribution in [3.05, 3.63) is 29.1 Å². The summed E-state index contributed by atoms with van der Waals surface area (Å²) >= 11 is 0. The first-order valence-corrected chi connectivity index (χ1v) is 5.82. The Morgan fingerprint density at radius 3 is 2.50 bits per heavy atom. The zero-order valence-electron chi connectivity index (χ0n) is 7.08. The molecule has 0 heterocycles. The summed E-state index contributed by atoms with van der Waals surface area (Å²) in [5.74, 6) is -1.09. The molecule has 0 aliphatic carbocycles. The minimum absolute atomic E-state index is 0.299. The third kappa shape index (κ3) is 1.86. The minimum atomic E-state index is -4.14. The maximum Gasteiger partial charge on any atom is 0.264 e. The molecule has 0 aliphatic heterocycles. The lowest BCUT2D eigenvalue weighted by Gasteiger charge is -2.02. The molecule has 1 aromatic carbocycles. The van der Waals surface area contributed by atoms with Gasteiger partial charge in [-0.2, -0.15) is 5.26 Å². The molecule has 0 N–H and O–H groups in total. The van der Waals surface area contributed by atoms with Gasteiger partial charge in [0.2, 0.25) is 0 Å². The highest BCUT2D eigenvalue weighted by atomic mass is 35.7. The Hall–Kier alpha value is -1.12. The van der Waals surface area contributed by atoms with E-state index in [9.17, 15) is 12.8 Å². The molecule has 3 nitrogen and oxygen atoms in total. The van der Waals surface area contributed by atoms with E-state index in [-0.39, 0.29) is 5.56 Å². The van der Waals surface area contributed by atoms with Gasteiger partial charge in [0.1, 0.15) is 11.0 Å². The zero-order valence-corrected chi connectivity index (χ0v) is 8.66. The summed E-state index contributed by atoms with van der Waals surface area (Å²) in [5.41, 5.74) is 0.0702. The van der Waals surface area contributed by atoms with Crippen molar-refractivity contribution in [2.24, 2.45) is 0 Å². The molecule has 0 saturated heterocycles. The summed E-state index contributed by atoms with van der Waals surface area (Å²) in [6, 6.07) is 3.94. The smallest absolute Gasteiger partial charge is 0.207 e. The molecule has 0 unspecified atom stereocenters. The van der Waals surface area contributed by atoms with Crippen LogP contribution in [0.15, 0.2) is 17.0 Å². The molecule has 14 heavy (non-hydrogen) atoms. The molecule has 74 valence electrons. The number of hydrogen-bond donors (Lipinski definition) is 0. The highest BCUT2D eigenvalue weighted by Gasteiger charge is 2.19. The maximum atomic E-state index is 13.3. The van der Waals surface area contributed by atoms with Crippen molar-refractivity contribution in [1.29, 1.82) is 5.26 Å². The monoisotopic (exact) mass is 233 g/mol. The first kappa shape index (κ1) is 11.0. The Morgan fingerprint density at radius 1 is 1.50 bits per heavy atom. The normalized spacial score (nSPS) is 11.0. The second kappa shape index (κ2) is 3.56. The summed E-state index contributed by atoms with van der Waals surface area (Å²) in [4.78, 5) is -0.665. The van der Waals surface area contributed by atoms with Gasteiger partial charge in [-0.05, 0) is 18.6 Å². The molecule has 0 aliphatic rings. The molecule has 6 heteroatoms. The molecule has 0 aromatic heterocycles. The van der Waals surface area contributed by atoms with Gasteiger partial charge in [-0.1, -0.05) is 6.07 Å². The molecule has 0 radical (unpaired) electrons. The SMILES string of the molecule is Cc1ccc(S(=O)(=O)Cl)c(F)c1C#N. The summed E-state index contributed by atoms with van der Waals surface area (Å²) in [5, 5.41) is 8.56. The van der Waals surface area contributed by atoms with E-state index in [1.807, 2.05) is 0 Å². The van der Waals surface area contributed by atoms with E-state index < -0.39 is 19.8 Å². The molecular formula is C8H5ClFNO2S. The fourth-order valence-electron chi connectivity index (χ4n) is 0.979. The first-order valence-electron chi connectivity index (χ1n) is 3.52. The van der Waals surface area contributed by atoms with Gasteiger partial charge in [0.05, 0.1) is 5.56 Å². The zero-order chi connectivity index (χ0) is 10.9. The van der Waals surface area contributed by atoms with E-state index in [0.29, 0.717) is 5.56 Å². The van der Waals surface area contributed by atoms with Crippen LogP contribution in [0.4, 0.5) is 4.39 Å². The summed E-state index contributed by atoms with van der Waals surface area (Å²) in [7, 11) is 0.831. The van der Waals surface area contributed by atoms with Crippen molar-refractivity contribution >= 4 is 19.7 Å². The van der Waals surface area contributed by atoms with Gasteiger partial charge >= 0.3 is 0 Å². The van der Waals surface area contributed by atoms with Crippen molar-refractivity contribution in [3.63, 3.8) is 0 Å². The highest BCUT2D eigenvalue weighted by Crippen LogP contribution is 2.23. The number of nitrogens with zero attached hydrogens (tertiary/aromatic N) is 1. The van der Waals surface area contributed by atoms with E-state index in [1.165, 1.54) is 13.0 Å². The molecule has 0 spiro atoms. The van der Waals surface area contributed by atoms with Crippen LogP contribution >= 0.6 is 10.7 Å². The minimum Gasteiger partial charge on any atom is -0.207 e. The second-order valence-electron chi connectivity index (χ2n) is 2.62. The summed E-state index contributed by atoms with van der Waals surface area (Å²) < 4.78 is 35.0. The van der Waals surface area contributed by atoms with Crippen LogP contribution in [-0.2, 0) is 9.05 Å². The Kier molecular flexibility index (Phi) is 2.79. The molecular weight excluding hydrogens is 229 g/mol. The Bertz CT molecular complexity index is 519. The Labute approximate surface area is 85.2 Å². The van der Waals surface area contributed by atoms with Crippen LogP contribution in [0.25, 0.3) is 0 Å². The molecule has 0 fully saturated rings. The predicted molar refractivity (Wildman–Crippen MR) is 48.9 cm³/mol. The van der Waals surface area contributed by atoms with Crippen molar-refractivity contribution < 1.29 is 12.8 Å². The van der Waals surface area contributed by atoms with Crippen LogP contribution in [-0.4, -0.2) is 8.42 Å². The van der Waals surface area contributed by atoms with Gasteiger partial charge in [0, 0.05) is 10.7 Å². The number of hydrogen-bond acceptors (Lipinski definition) is 3. The van der Waals surface area contributed by atoms with Gasteiger partial charge in [0.15, 0.2) is 5.82 Å². The van der Waals surface area contributed by atoms with Gasteiger partial charge in [-0.3, -0.25) is 0 Å².